The Bertz CT molecular complexity index is 518. The zero-order chi connectivity index (χ0) is 15.3. The fourth-order valence-electron chi connectivity index (χ4n) is 1.54. The lowest BCUT2D eigenvalue weighted by molar-refractivity contribution is -0.110. The summed E-state index contributed by atoms with van der Waals surface area (Å²) in [4.78, 5) is 11.6. The summed E-state index contributed by atoms with van der Waals surface area (Å²) in [6.45, 7) is 1.93. The molecule has 0 saturated carbocycles. The van der Waals surface area contributed by atoms with Gasteiger partial charge >= 0.3 is 0 Å². The van der Waals surface area contributed by atoms with Gasteiger partial charge in [0.15, 0.2) is 5.78 Å². The highest BCUT2D eigenvalue weighted by molar-refractivity contribution is 6.04. The van der Waals surface area contributed by atoms with Crippen molar-refractivity contribution in [2.24, 2.45) is 0 Å². The number of hydrogen-bond donors (Lipinski definition) is 1. The molecule has 0 fully saturated rings. The standard InChI is InChI=1S/C17H14O.C2H6O/c18-17(13-11-15-7-3-1-4-8-15)14-12-16-9-5-2-6-10-16;1-2-3/h1-14H;3H,2H2,1H3. The molecule has 2 nitrogen and oxygen atoms in total. The fraction of sp³-hybridized carbons (Fsp3) is 0.105. The predicted octanol–water partition coefficient (Wildman–Crippen LogP) is 3.98. The Kier molecular flexibility index (Phi) is 8.18. The topological polar surface area (TPSA) is 37.3 Å². The molecule has 2 heteroatoms. The first-order valence-corrected chi connectivity index (χ1v) is 6.87. The van der Waals surface area contributed by atoms with E-state index in [2.05, 4.69) is 0 Å². The number of carbonyl (C=O) groups excluding carboxylic acids is 1. The summed E-state index contributed by atoms with van der Waals surface area (Å²) in [6.07, 6.45) is 6.79. The molecule has 0 unspecified atom stereocenters. The molecule has 0 amide bonds. The van der Waals surface area contributed by atoms with Crippen LogP contribution in [-0.2, 0) is 4.79 Å². The Hall–Kier alpha value is -2.45. The van der Waals surface area contributed by atoms with Crippen LogP contribution in [0.3, 0.4) is 0 Å². The van der Waals surface area contributed by atoms with E-state index in [0.29, 0.717) is 0 Å². The van der Waals surface area contributed by atoms with Gasteiger partial charge in [-0.2, -0.15) is 0 Å². The Morgan fingerprint density at radius 1 is 0.857 bits per heavy atom. The molecule has 2 aromatic carbocycles. The molecule has 0 heterocycles. The minimum Gasteiger partial charge on any atom is -0.397 e. The molecular weight excluding hydrogens is 260 g/mol. The van der Waals surface area contributed by atoms with Crippen molar-refractivity contribution in [3.05, 3.63) is 83.9 Å². The first-order chi connectivity index (χ1) is 10.3. The lowest BCUT2D eigenvalue weighted by Crippen LogP contribution is -1.84. The lowest BCUT2D eigenvalue weighted by atomic mass is 10.1. The first-order valence-electron chi connectivity index (χ1n) is 6.87. The molecule has 0 radical (unpaired) electrons. The number of ketones is 1. The van der Waals surface area contributed by atoms with Gasteiger partial charge in [0.05, 0.1) is 0 Å². The summed E-state index contributed by atoms with van der Waals surface area (Å²) in [5.74, 6) is -0.0114. The van der Waals surface area contributed by atoms with Crippen LogP contribution in [0.4, 0.5) is 0 Å². The Morgan fingerprint density at radius 3 is 1.52 bits per heavy atom. The molecular formula is C19H20O2. The van der Waals surface area contributed by atoms with Crippen molar-refractivity contribution in [2.45, 2.75) is 6.92 Å². The second kappa shape index (κ2) is 10.4. The van der Waals surface area contributed by atoms with E-state index in [1.807, 2.05) is 72.8 Å². The number of benzene rings is 2. The Morgan fingerprint density at radius 2 is 1.19 bits per heavy atom. The van der Waals surface area contributed by atoms with Crippen molar-refractivity contribution in [1.29, 1.82) is 0 Å². The molecule has 0 spiro atoms. The fourth-order valence-corrected chi connectivity index (χ4v) is 1.54. The molecule has 108 valence electrons. The Labute approximate surface area is 126 Å². The maximum Gasteiger partial charge on any atom is 0.178 e. The van der Waals surface area contributed by atoms with Crippen molar-refractivity contribution in [2.75, 3.05) is 6.61 Å². The van der Waals surface area contributed by atoms with Crippen LogP contribution in [-0.4, -0.2) is 17.5 Å². The number of allylic oxidation sites excluding steroid dienone is 2. The zero-order valence-electron chi connectivity index (χ0n) is 12.1. The average molecular weight is 280 g/mol. The average Bonchev–Trinajstić information content (AvgIpc) is 2.54. The minimum absolute atomic E-state index is 0.0114. The van der Waals surface area contributed by atoms with E-state index < -0.39 is 0 Å². The highest BCUT2D eigenvalue weighted by atomic mass is 16.2. The van der Waals surface area contributed by atoms with Gasteiger partial charge in [-0.1, -0.05) is 72.8 Å². The number of aliphatic hydroxyl groups is 1. The van der Waals surface area contributed by atoms with E-state index in [1.165, 1.54) is 0 Å². The van der Waals surface area contributed by atoms with Gasteiger partial charge in [-0.25, -0.2) is 0 Å². The van der Waals surface area contributed by atoms with Crippen molar-refractivity contribution < 1.29 is 9.90 Å². The predicted molar refractivity (Wildman–Crippen MR) is 88.7 cm³/mol. The normalized spacial score (nSPS) is 10.4. The maximum atomic E-state index is 11.6. The second-order valence-electron chi connectivity index (χ2n) is 4.21. The quantitative estimate of drug-likeness (QED) is 0.860. The number of hydrogen-bond acceptors (Lipinski definition) is 2. The minimum atomic E-state index is -0.0114. The summed E-state index contributed by atoms with van der Waals surface area (Å²) < 4.78 is 0. The molecule has 0 saturated heterocycles. The molecule has 0 aliphatic carbocycles. The van der Waals surface area contributed by atoms with Crippen molar-refractivity contribution in [3.8, 4) is 0 Å². The molecule has 1 N–H and O–H groups in total. The first kappa shape index (κ1) is 16.6. The largest absolute Gasteiger partial charge is 0.397 e. The van der Waals surface area contributed by atoms with E-state index in [4.69, 9.17) is 5.11 Å². The summed E-state index contributed by atoms with van der Waals surface area (Å²) >= 11 is 0. The molecule has 0 aromatic heterocycles. The van der Waals surface area contributed by atoms with Crippen LogP contribution in [0.1, 0.15) is 18.1 Å². The van der Waals surface area contributed by atoms with E-state index in [-0.39, 0.29) is 12.4 Å². The van der Waals surface area contributed by atoms with Crippen LogP contribution >= 0.6 is 0 Å². The van der Waals surface area contributed by atoms with Crippen LogP contribution in [0, 0.1) is 0 Å². The van der Waals surface area contributed by atoms with Crippen molar-refractivity contribution >= 4 is 17.9 Å². The third-order valence-electron chi connectivity index (χ3n) is 2.48. The van der Waals surface area contributed by atoms with Gasteiger partial charge < -0.3 is 5.11 Å². The molecule has 0 aliphatic rings. The zero-order valence-corrected chi connectivity index (χ0v) is 12.1. The smallest absolute Gasteiger partial charge is 0.178 e. The monoisotopic (exact) mass is 280 g/mol. The molecule has 0 bridgehead atoms. The molecule has 0 aliphatic heterocycles. The second-order valence-corrected chi connectivity index (χ2v) is 4.21. The van der Waals surface area contributed by atoms with Gasteiger partial charge in [-0.05, 0) is 30.2 Å². The number of carbonyl (C=O) groups is 1. The van der Waals surface area contributed by atoms with Crippen molar-refractivity contribution in [1.82, 2.24) is 0 Å². The molecule has 2 aromatic rings. The summed E-state index contributed by atoms with van der Waals surface area (Å²) in [5, 5.41) is 7.57. The van der Waals surface area contributed by atoms with Crippen molar-refractivity contribution in [3.63, 3.8) is 0 Å². The number of rotatable bonds is 4. The van der Waals surface area contributed by atoms with Gasteiger partial charge in [-0.15, -0.1) is 0 Å². The molecule has 0 atom stereocenters. The van der Waals surface area contributed by atoms with Gasteiger partial charge in [0.1, 0.15) is 0 Å². The van der Waals surface area contributed by atoms with Gasteiger partial charge in [-0.3, -0.25) is 4.79 Å². The van der Waals surface area contributed by atoms with E-state index in [9.17, 15) is 4.79 Å². The van der Waals surface area contributed by atoms with Gasteiger partial charge in [0.25, 0.3) is 0 Å². The highest BCUT2D eigenvalue weighted by Gasteiger charge is 1.90. The Balaban J connectivity index is 0.000000677. The molecule has 2 rings (SSSR count). The summed E-state index contributed by atoms with van der Waals surface area (Å²) in [6, 6.07) is 19.6. The van der Waals surface area contributed by atoms with Crippen LogP contribution < -0.4 is 0 Å². The summed E-state index contributed by atoms with van der Waals surface area (Å²) in [5.41, 5.74) is 2.05. The van der Waals surface area contributed by atoms with Crippen LogP contribution in [0.5, 0.6) is 0 Å². The number of aliphatic hydroxyl groups excluding tert-OH is 1. The van der Waals surface area contributed by atoms with Gasteiger partial charge in [0, 0.05) is 6.61 Å². The third-order valence-corrected chi connectivity index (χ3v) is 2.48. The van der Waals surface area contributed by atoms with E-state index in [0.717, 1.165) is 11.1 Å². The van der Waals surface area contributed by atoms with Crippen LogP contribution in [0.2, 0.25) is 0 Å². The van der Waals surface area contributed by atoms with Crippen LogP contribution in [0.25, 0.3) is 12.2 Å². The highest BCUT2D eigenvalue weighted by Crippen LogP contribution is 2.03. The van der Waals surface area contributed by atoms with E-state index in [1.54, 1.807) is 19.1 Å². The third kappa shape index (κ3) is 7.65. The summed E-state index contributed by atoms with van der Waals surface area (Å²) in [7, 11) is 0. The van der Waals surface area contributed by atoms with Gasteiger partial charge in [0.2, 0.25) is 0 Å². The SMILES string of the molecule is CCO.O=C(C=Cc1ccccc1)C=Cc1ccccc1. The molecule has 21 heavy (non-hydrogen) atoms. The lowest BCUT2D eigenvalue weighted by Gasteiger charge is -1.91. The van der Waals surface area contributed by atoms with Crippen LogP contribution in [0.15, 0.2) is 72.8 Å². The maximum absolute atomic E-state index is 11.6. The van der Waals surface area contributed by atoms with E-state index >= 15 is 0 Å².